The first-order valence-corrected chi connectivity index (χ1v) is 13.7. The van der Waals surface area contributed by atoms with Gasteiger partial charge in [0.15, 0.2) is 23.1 Å². The first kappa shape index (κ1) is 29.4. The number of hydrogen-bond donors (Lipinski definition) is 0. The number of rotatable bonds is 5. The number of carbonyl (C=O) groups is 5. The van der Waals surface area contributed by atoms with E-state index in [2.05, 4.69) is 6.07 Å². The Hall–Kier alpha value is -4.14. The third-order valence-corrected chi connectivity index (χ3v) is 9.00. The summed E-state index contributed by atoms with van der Waals surface area (Å²) in [7, 11) is 4.45. The third kappa shape index (κ3) is 4.12. The maximum atomic E-state index is 13.8. The molecule has 1 saturated heterocycles. The number of Topliss-reactive ketones (excluding diaryl/α,β-unsaturated/α-hetero) is 4. The van der Waals surface area contributed by atoms with Crippen molar-refractivity contribution in [3.05, 3.63) is 56.6 Å². The Balaban J connectivity index is 1.70. The molecule has 0 spiro atoms. The molecular weight excluding hydrogens is 542 g/mol. The number of ketones is 4. The van der Waals surface area contributed by atoms with Gasteiger partial charge in [0.1, 0.15) is 12.6 Å². The van der Waals surface area contributed by atoms with E-state index >= 15 is 0 Å². The number of piperazine rings is 1. The van der Waals surface area contributed by atoms with E-state index < -0.39 is 47.7 Å². The molecule has 0 amide bonds. The van der Waals surface area contributed by atoms with Crippen LogP contribution in [-0.2, 0) is 38.2 Å². The Kier molecular flexibility index (Phi) is 7.41. The van der Waals surface area contributed by atoms with Crippen molar-refractivity contribution in [3.63, 3.8) is 0 Å². The minimum atomic E-state index is -0.970. The fourth-order valence-electron chi connectivity index (χ4n) is 7.22. The van der Waals surface area contributed by atoms with Crippen LogP contribution >= 0.6 is 0 Å². The maximum absolute atomic E-state index is 13.8. The van der Waals surface area contributed by atoms with Crippen LogP contribution in [0.2, 0.25) is 0 Å². The van der Waals surface area contributed by atoms with Crippen LogP contribution in [0.3, 0.4) is 0 Å². The van der Waals surface area contributed by atoms with Crippen LogP contribution in [0.5, 0.6) is 0 Å². The second-order valence-corrected chi connectivity index (χ2v) is 11.5. The van der Waals surface area contributed by atoms with E-state index in [1.807, 2.05) is 9.80 Å². The largest absolute Gasteiger partial charge is 0.492 e. The number of nitriles is 1. The highest BCUT2D eigenvalue weighted by atomic mass is 16.5. The standard InChI is InChI=1S/C31H33N3O8/c1-13(2)8-22(35)42-12-21-23-16(26(36)14(3)30(40-6)28(23)38)10-19-25-24-17(27(37)15(4)31(41-7)29(24)39)9-18(33(25)5)20(11-32)34(19)21/h8,18-21,25H,9-10,12H2,1-7H3/t18-,19-,20-,21-,25-/m0/s1. The maximum Gasteiger partial charge on any atom is 0.330 e. The topological polar surface area (TPSA) is 143 Å². The van der Waals surface area contributed by atoms with E-state index in [0.717, 1.165) is 0 Å². The highest BCUT2D eigenvalue weighted by molar-refractivity contribution is 6.26. The normalized spacial score (nSPS) is 29.6. The van der Waals surface area contributed by atoms with Crippen LogP contribution in [0.1, 0.15) is 40.5 Å². The molecule has 0 N–H and O–H groups in total. The second kappa shape index (κ2) is 10.6. The van der Waals surface area contributed by atoms with Crippen molar-refractivity contribution in [1.29, 1.82) is 5.26 Å². The molecule has 0 unspecified atom stereocenters. The number of allylic oxidation sites excluding steroid dienone is 5. The van der Waals surface area contributed by atoms with Crippen LogP contribution in [0.4, 0.5) is 0 Å². The molecule has 2 bridgehead atoms. The van der Waals surface area contributed by atoms with E-state index in [1.165, 1.54) is 27.2 Å². The van der Waals surface area contributed by atoms with Crippen molar-refractivity contribution < 1.29 is 38.2 Å². The van der Waals surface area contributed by atoms with Gasteiger partial charge in [-0.3, -0.25) is 29.0 Å². The number of carbonyl (C=O) groups excluding carboxylic acids is 5. The summed E-state index contributed by atoms with van der Waals surface area (Å²) in [6.07, 6.45) is 1.49. The first-order chi connectivity index (χ1) is 19.9. The molecule has 0 saturated carbocycles. The van der Waals surface area contributed by atoms with Crippen LogP contribution < -0.4 is 0 Å². The number of likely N-dealkylation sites (N-methyl/N-ethyl adjacent to an activating group) is 1. The quantitative estimate of drug-likeness (QED) is 0.268. The Bertz CT molecular complexity index is 1550. The van der Waals surface area contributed by atoms with E-state index in [9.17, 15) is 29.2 Å². The van der Waals surface area contributed by atoms with Crippen molar-refractivity contribution in [2.75, 3.05) is 27.9 Å². The Morgan fingerprint density at radius 3 is 1.95 bits per heavy atom. The van der Waals surface area contributed by atoms with Crippen molar-refractivity contribution in [1.82, 2.24) is 9.80 Å². The van der Waals surface area contributed by atoms with Gasteiger partial charge in [0.2, 0.25) is 11.6 Å². The summed E-state index contributed by atoms with van der Waals surface area (Å²) in [5, 5.41) is 10.5. The zero-order chi connectivity index (χ0) is 30.8. The van der Waals surface area contributed by atoms with Crippen LogP contribution in [0, 0.1) is 11.3 Å². The summed E-state index contributed by atoms with van der Waals surface area (Å²) in [5.41, 5.74) is 2.06. The molecule has 5 rings (SSSR count). The lowest BCUT2D eigenvalue weighted by Gasteiger charge is -2.60. The predicted octanol–water partition coefficient (Wildman–Crippen LogP) is 1.65. The molecule has 5 atom stereocenters. The molecule has 0 aromatic heterocycles. The molecule has 0 aromatic carbocycles. The monoisotopic (exact) mass is 575 g/mol. The lowest BCUT2D eigenvalue weighted by Crippen LogP contribution is -2.74. The van der Waals surface area contributed by atoms with Crippen LogP contribution in [-0.4, -0.2) is 97.0 Å². The van der Waals surface area contributed by atoms with E-state index in [0.29, 0.717) is 11.1 Å². The number of hydrogen-bond acceptors (Lipinski definition) is 11. The van der Waals surface area contributed by atoms with Gasteiger partial charge in [0, 0.05) is 51.6 Å². The molecule has 220 valence electrons. The zero-order valence-corrected chi connectivity index (χ0v) is 24.7. The van der Waals surface area contributed by atoms with Gasteiger partial charge < -0.3 is 14.2 Å². The highest BCUT2D eigenvalue weighted by Gasteiger charge is 2.60. The number of fused-ring (bicyclic) bond motifs is 5. The summed E-state index contributed by atoms with van der Waals surface area (Å²) in [4.78, 5) is 71.1. The molecule has 2 aliphatic carbocycles. The molecular formula is C31H33N3O8. The summed E-state index contributed by atoms with van der Waals surface area (Å²) >= 11 is 0. The van der Waals surface area contributed by atoms with E-state index in [4.69, 9.17) is 14.2 Å². The fraction of sp³-hybridized carbons (Fsp3) is 0.484. The van der Waals surface area contributed by atoms with Gasteiger partial charge in [-0.2, -0.15) is 5.26 Å². The number of ether oxygens (including phenoxy) is 3. The number of methoxy groups -OCH3 is 2. The average Bonchev–Trinajstić information content (AvgIpc) is 2.93. The fourth-order valence-corrected chi connectivity index (χ4v) is 7.22. The number of esters is 1. The third-order valence-electron chi connectivity index (χ3n) is 9.00. The Morgan fingerprint density at radius 1 is 0.905 bits per heavy atom. The predicted molar refractivity (Wildman–Crippen MR) is 147 cm³/mol. The second-order valence-electron chi connectivity index (χ2n) is 11.5. The van der Waals surface area contributed by atoms with Crippen LogP contribution in [0.15, 0.2) is 56.6 Å². The van der Waals surface area contributed by atoms with Gasteiger partial charge >= 0.3 is 5.97 Å². The molecule has 11 heteroatoms. The summed E-state index contributed by atoms with van der Waals surface area (Å²) in [5.74, 6) is -2.35. The van der Waals surface area contributed by atoms with Gasteiger partial charge in [0.05, 0.1) is 32.4 Å². The van der Waals surface area contributed by atoms with Gasteiger partial charge in [-0.25, -0.2) is 4.79 Å². The molecule has 0 aromatic rings. The zero-order valence-electron chi connectivity index (χ0n) is 24.7. The van der Waals surface area contributed by atoms with Gasteiger partial charge in [0.25, 0.3) is 0 Å². The Morgan fingerprint density at radius 2 is 1.43 bits per heavy atom. The molecule has 42 heavy (non-hydrogen) atoms. The lowest BCUT2D eigenvalue weighted by atomic mass is 9.67. The smallest absolute Gasteiger partial charge is 0.330 e. The van der Waals surface area contributed by atoms with E-state index in [-0.39, 0.29) is 70.4 Å². The lowest BCUT2D eigenvalue weighted by molar-refractivity contribution is -0.142. The summed E-state index contributed by atoms with van der Waals surface area (Å²) < 4.78 is 16.3. The van der Waals surface area contributed by atoms with Crippen molar-refractivity contribution in [2.24, 2.45) is 0 Å². The molecule has 1 fully saturated rings. The minimum Gasteiger partial charge on any atom is -0.492 e. The molecule has 5 aliphatic rings. The number of nitrogens with zero attached hydrogens (tertiary/aromatic N) is 3. The molecule has 0 radical (unpaired) electrons. The van der Waals surface area contributed by atoms with E-state index in [1.54, 1.807) is 27.8 Å². The summed E-state index contributed by atoms with van der Waals surface area (Å²) in [6.45, 7) is 6.24. The van der Waals surface area contributed by atoms with Crippen LogP contribution in [0.25, 0.3) is 0 Å². The van der Waals surface area contributed by atoms with Gasteiger partial charge in [-0.1, -0.05) is 5.57 Å². The van der Waals surface area contributed by atoms with Crippen molar-refractivity contribution in [2.45, 2.75) is 70.7 Å². The minimum absolute atomic E-state index is 0.0325. The average molecular weight is 576 g/mol. The van der Waals surface area contributed by atoms with Crippen molar-refractivity contribution >= 4 is 29.1 Å². The van der Waals surface area contributed by atoms with Crippen molar-refractivity contribution in [3.8, 4) is 6.07 Å². The summed E-state index contributed by atoms with van der Waals surface area (Å²) in [6, 6.07) is -1.35. The molecule has 3 heterocycles. The Labute approximate surface area is 243 Å². The highest BCUT2D eigenvalue weighted by Crippen LogP contribution is 2.49. The molecule has 3 aliphatic heterocycles. The first-order valence-electron chi connectivity index (χ1n) is 13.7. The SMILES string of the molecule is COC1=C(C)C(=O)C2=C(C1=O)[C@@H]1[C@@H]3CC4=C(C(=O)C(OC)=C(C)C4=O)[C@H](COC(=O)C=C(C)C)N3[C@@H](C#N)[C@H](C2)N1C. The molecule has 11 nitrogen and oxygen atoms in total. The van der Waals surface area contributed by atoms with Gasteiger partial charge in [-0.15, -0.1) is 0 Å². The van der Waals surface area contributed by atoms with Gasteiger partial charge in [-0.05, 0) is 47.6 Å².